The van der Waals surface area contributed by atoms with Crippen LogP contribution in [0.3, 0.4) is 0 Å². The van der Waals surface area contributed by atoms with Gasteiger partial charge in [-0.05, 0) is 111 Å². The third-order valence-corrected chi connectivity index (χ3v) is 15.0. The fourth-order valence-electron chi connectivity index (χ4n) is 7.16. The quantitative estimate of drug-likeness (QED) is 0.239. The lowest BCUT2D eigenvalue weighted by molar-refractivity contribution is -0.140. The van der Waals surface area contributed by atoms with Gasteiger partial charge in [-0.25, -0.2) is 0 Å². The van der Waals surface area contributed by atoms with Gasteiger partial charge in [0.2, 0.25) is 0 Å². The van der Waals surface area contributed by atoms with Gasteiger partial charge >= 0.3 is 5.97 Å². The molecule has 204 valence electrons. The van der Waals surface area contributed by atoms with E-state index < -0.39 is 8.32 Å². The molecule has 0 aromatic heterocycles. The maximum atomic E-state index is 11.6. The lowest BCUT2D eigenvalue weighted by Gasteiger charge is -2.44. The number of esters is 1. The summed E-state index contributed by atoms with van der Waals surface area (Å²) in [5, 5.41) is 0.245. The summed E-state index contributed by atoms with van der Waals surface area (Å²) < 4.78 is 11.6. The summed E-state index contributed by atoms with van der Waals surface area (Å²) in [6, 6.07) is 0. The number of hydrogen-bond donors (Lipinski definition) is 0. The average molecular weight is 515 g/mol. The Balaban J connectivity index is 1.68. The van der Waals surface area contributed by atoms with Crippen molar-refractivity contribution in [3.05, 3.63) is 35.5 Å². The Labute approximate surface area is 223 Å². The third-order valence-electron chi connectivity index (χ3n) is 10.4. The Kier molecular flexibility index (Phi) is 9.58. The molecule has 36 heavy (non-hydrogen) atoms. The first-order valence-electron chi connectivity index (χ1n) is 14.6. The van der Waals surface area contributed by atoms with E-state index in [0.717, 1.165) is 38.0 Å². The third kappa shape index (κ3) is 6.65. The normalized spacial score (nSPS) is 32.6. The predicted molar refractivity (Wildman–Crippen MR) is 154 cm³/mol. The summed E-state index contributed by atoms with van der Waals surface area (Å²) in [4.78, 5) is 11.6. The molecule has 3 fully saturated rings. The van der Waals surface area contributed by atoms with Crippen molar-refractivity contribution >= 4 is 14.3 Å². The van der Waals surface area contributed by atoms with Gasteiger partial charge in [0.1, 0.15) is 0 Å². The van der Waals surface area contributed by atoms with Crippen molar-refractivity contribution in [3.63, 3.8) is 0 Å². The molecule has 3 rings (SSSR count). The van der Waals surface area contributed by atoms with Crippen molar-refractivity contribution in [2.24, 2.45) is 23.2 Å². The maximum absolute atomic E-state index is 11.6. The molecule has 3 aliphatic carbocycles. The molecule has 0 saturated heterocycles. The fraction of sp³-hybridized carbons (Fsp3) is 0.781. The van der Waals surface area contributed by atoms with E-state index >= 15 is 0 Å². The molecule has 0 heterocycles. The highest BCUT2D eigenvalue weighted by molar-refractivity contribution is 6.74. The van der Waals surface area contributed by atoms with Crippen LogP contribution in [0.1, 0.15) is 105 Å². The van der Waals surface area contributed by atoms with Crippen molar-refractivity contribution in [3.8, 4) is 0 Å². The summed E-state index contributed by atoms with van der Waals surface area (Å²) in [5.74, 6) is 2.04. The lowest BCUT2D eigenvalue weighted by atomic mass is 9.60. The van der Waals surface area contributed by atoms with E-state index in [1.807, 2.05) is 0 Å². The summed E-state index contributed by atoms with van der Waals surface area (Å²) in [6.07, 6.45) is 17.5. The van der Waals surface area contributed by atoms with Gasteiger partial charge in [-0.15, -0.1) is 0 Å². The minimum Gasteiger partial charge on any atom is -0.469 e. The molecule has 0 unspecified atom stereocenters. The van der Waals surface area contributed by atoms with E-state index in [0.29, 0.717) is 29.8 Å². The van der Waals surface area contributed by atoms with Crippen LogP contribution in [0.5, 0.6) is 0 Å². The smallest absolute Gasteiger partial charge is 0.305 e. The molecule has 0 N–H and O–H groups in total. The zero-order valence-electron chi connectivity index (χ0n) is 24.7. The van der Waals surface area contributed by atoms with Gasteiger partial charge in [0, 0.05) is 12.5 Å². The van der Waals surface area contributed by atoms with Crippen LogP contribution in [0.25, 0.3) is 0 Å². The predicted octanol–water partition coefficient (Wildman–Crippen LogP) is 9.17. The van der Waals surface area contributed by atoms with Gasteiger partial charge in [-0.2, -0.15) is 0 Å². The van der Waals surface area contributed by atoms with E-state index in [2.05, 4.69) is 66.4 Å². The lowest BCUT2D eigenvalue weighted by Crippen LogP contribution is -2.44. The van der Waals surface area contributed by atoms with Crippen molar-refractivity contribution < 1.29 is 14.0 Å². The molecular weight excluding hydrogens is 460 g/mol. The molecule has 0 aromatic carbocycles. The monoisotopic (exact) mass is 514 g/mol. The first-order valence-corrected chi connectivity index (χ1v) is 17.5. The van der Waals surface area contributed by atoms with Gasteiger partial charge in [-0.1, -0.05) is 64.5 Å². The maximum Gasteiger partial charge on any atom is 0.305 e. The molecule has 5 atom stereocenters. The molecule has 4 heteroatoms. The molecule has 3 aliphatic rings. The second kappa shape index (κ2) is 11.7. The van der Waals surface area contributed by atoms with Crippen molar-refractivity contribution in [2.45, 2.75) is 129 Å². The van der Waals surface area contributed by atoms with Gasteiger partial charge < -0.3 is 9.16 Å². The second-order valence-corrected chi connectivity index (χ2v) is 18.6. The molecule has 0 aliphatic heterocycles. The zero-order valence-corrected chi connectivity index (χ0v) is 25.7. The van der Waals surface area contributed by atoms with Gasteiger partial charge in [0.25, 0.3) is 0 Å². The van der Waals surface area contributed by atoms with Crippen LogP contribution >= 0.6 is 0 Å². The summed E-state index contributed by atoms with van der Waals surface area (Å²) in [5.41, 5.74) is 4.78. The van der Waals surface area contributed by atoms with Crippen LogP contribution in [0.15, 0.2) is 35.5 Å². The van der Waals surface area contributed by atoms with E-state index in [9.17, 15) is 4.79 Å². The van der Waals surface area contributed by atoms with E-state index in [4.69, 9.17) is 9.16 Å². The van der Waals surface area contributed by atoms with Crippen LogP contribution in [0.4, 0.5) is 0 Å². The Hall–Kier alpha value is -1.13. The molecule has 0 radical (unpaired) electrons. The first kappa shape index (κ1) is 29.4. The number of methoxy groups -OCH3 is 1. The number of hydrogen-bond acceptors (Lipinski definition) is 3. The molecule has 3 saturated carbocycles. The number of carbonyl (C=O) groups excluding carboxylic acids is 1. The zero-order chi connectivity index (χ0) is 26.7. The Morgan fingerprint density at radius 2 is 1.92 bits per heavy atom. The topological polar surface area (TPSA) is 35.5 Å². The number of rotatable bonds is 8. The average Bonchev–Trinajstić information content (AvgIpc) is 3.15. The first-order chi connectivity index (χ1) is 16.8. The number of carbonyl (C=O) groups is 1. The molecule has 0 aromatic rings. The summed E-state index contributed by atoms with van der Waals surface area (Å²) in [7, 11) is -0.272. The van der Waals surface area contributed by atoms with Crippen molar-refractivity contribution in [1.82, 2.24) is 0 Å². The van der Waals surface area contributed by atoms with E-state index in [1.165, 1.54) is 50.4 Å². The molecule has 0 spiro atoms. The van der Waals surface area contributed by atoms with Crippen molar-refractivity contribution in [1.29, 1.82) is 0 Å². The Bertz CT molecular complexity index is 861. The Morgan fingerprint density at radius 1 is 1.19 bits per heavy atom. The fourth-order valence-corrected chi connectivity index (χ4v) is 8.55. The number of fused-ring (bicyclic) bond motifs is 1. The van der Waals surface area contributed by atoms with E-state index in [-0.39, 0.29) is 11.0 Å². The second-order valence-electron chi connectivity index (χ2n) is 13.8. The standard InChI is InChI=1S/C32H54O3Si/c1-23-15-18-27(35-36(8,9)31(3,4)5)22-26(23)17-16-25-13-11-21-32(6)28(19-20-29(25)32)24(2)12-10-14-30(33)34-7/h16-17,24,27-29H,1,10-15,18-22H2,2-9H3/t24-,27+,28-,29+,32-/m1/s1. The summed E-state index contributed by atoms with van der Waals surface area (Å²) in [6.45, 7) is 21.1. The van der Waals surface area contributed by atoms with Crippen molar-refractivity contribution in [2.75, 3.05) is 7.11 Å². The highest BCUT2D eigenvalue weighted by Gasteiger charge is 2.50. The number of ether oxygens (including phenoxy) is 1. The highest BCUT2D eigenvalue weighted by Crippen LogP contribution is 2.60. The van der Waals surface area contributed by atoms with Crippen LogP contribution < -0.4 is 0 Å². The minimum absolute atomic E-state index is 0.0742. The van der Waals surface area contributed by atoms with Crippen LogP contribution in [-0.4, -0.2) is 27.5 Å². The van der Waals surface area contributed by atoms with Crippen LogP contribution in [0.2, 0.25) is 18.1 Å². The minimum atomic E-state index is -1.76. The Morgan fingerprint density at radius 3 is 2.58 bits per heavy atom. The molecule has 3 nitrogen and oxygen atoms in total. The SMILES string of the molecule is C=C1CC[C@H](O[Si](C)(C)C(C)(C)C)CC1=CC=C1CCC[C@]2(C)[C@@H]([C@H](C)CCCC(=O)OC)CC[C@@H]12. The van der Waals surface area contributed by atoms with Crippen LogP contribution in [0, 0.1) is 23.2 Å². The largest absolute Gasteiger partial charge is 0.469 e. The molecule has 0 amide bonds. The van der Waals surface area contributed by atoms with Gasteiger partial charge in [0.15, 0.2) is 8.32 Å². The van der Waals surface area contributed by atoms with Gasteiger partial charge in [0.05, 0.1) is 7.11 Å². The van der Waals surface area contributed by atoms with Gasteiger partial charge in [-0.3, -0.25) is 4.79 Å². The highest BCUT2D eigenvalue weighted by atomic mass is 28.4. The van der Waals surface area contributed by atoms with Crippen LogP contribution in [-0.2, 0) is 14.0 Å². The summed E-state index contributed by atoms with van der Waals surface area (Å²) >= 11 is 0. The molecule has 0 bridgehead atoms. The number of allylic oxidation sites excluding steroid dienone is 4. The molecular formula is C32H54O3Si. The van der Waals surface area contributed by atoms with E-state index in [1.54, 1.807) is 5.57 Å².